The minimum atomic E-state index is -0.795. The zero-order chi connectivity index (χ0) is 16.8. The van der Waals surface area contributed by atoms with Gasteiger partial charge in [-0.15, -0.1) is 0 Å². The number of carbonyl (C=O) groups excluding carboxylic acids is 2. The van der Waals surface area contributed by atoms with Crippen molar-refractivity contribution in [2.75, 3.05) is 24.9 Å². The Kier molecular flexibility index (Phi) is 5.59. The van der Waals surface area contributed by atoms with Crippen LogP contribution in [0.2, 0.25) is 0 Å². The number of ether oxygens (including phenoxy) is 2. The number of nitrogens with one attached hydrogen (secondary N) is 2. The molecule has 0 radical (unpaired) electrons. The van der Waals surface area contributed by atoms with Crippen LogP contribution in [-0.4, -0.2) is 26.0 Å². The van der Waals surface area contributed by atoms with Gasteiger partial charge in [-0.2, -0.15) is 0 Å². The molecule has 0 saturated heterocycles. The van der Waals surface area contributed by atoms with Gasteiger partial charge in [-0.05, 0) is 36.4 Å². The summed E-state index contributed by atoms with van der Waals surface area (Å²) >= 11 is 3.30. The van der Waals surface area contributed by atoms with Crippen molar-refractivity contribution in [2.24, 2.45) is 0 Å². The number of halogens is 1. The van der Waals surface area contributed by atoms with E-state index in [1.54, 1.807) is 42.5 Å². The third kappa shape index (κ3) is 4.46. The molecule has 2 aromatic carbocycles. The summed E-state index contributed by atoms with van der Waals surface area (Å²) in [5, 5.41) is 5.02. The van der Waals surface area contributed by atoms with E-state index in [1.807, 2.05) is 0 Å². The highest BCUT2D eigenvalue weighted by Crippen LogP contribution is 2.29. The first-order valence-electron chi connectivity index (χ1n) is 6.63. The van der Waals surface area contributed by atoms with Crippen molar-refractivity contribution < 1.29 is 19.1 Å². The zero-order valence-corrected chi connectivity index (χ0v) is 14.1. The Morgan fingerprint density at radius 2 is 1.57 bits per heavy atom. The maximum Gasteiger partial charge on any atom is 0.314 e. The molecule has 0 aromatic heterocycles. The van der Waals surface area contributed by atoms with E-state index in [0.717, 1.165) is 4.47 Å². The van der Waals surface area contributed by atoms with Gasteiger partial charge in [0.2, 0.25) is 0 Å². The van der Waals surface area contributed by atoms with Gasteiger partial charge in [-0.1, -0.05) is 15.9 Å². The second kappa shape index (κ2) is 7.64. The number of hydrogen-bond donors (Lipinski definition) is 2. The molecule has 7 heteroatoms. The van der Waals surface area contributed by atoms with Gasteiger partial charge in [-0.25, -0.2) is 0 Å². The Bertz CT molecular complexity index is 717. The zero-order valence-electron chi connectivity index (χ0n) is 12.6. The molecule has 0 spiro atoms. The van der Waals surface area contributed by atoms with Crippen LogP contribution in [0.4, 0.5) is 11.4 Å². The standard InChI is InChI=1S/C16H15BrN2O4/c1-22-12-7-8-13(14(9-12)23-2)19-16(21)15(20)18-11-5-3-10(17)4-6-11/h3-9H,1-2H3,(H,18,20)(H,19,21). The average molecular weight is 379 g/mol. The third-order valence-electron chi connectivity index (χ3n) is 2.97. The lowest BCUT2D eigenvalue weighted by atomic mass is 10.2. The van der Waals surface area contributed by atoms with Crippen molar-refractivity contribution >= 4 is 39.1 Å². The summed E-state index contributed by atoms with van der Waals surface area (Å²) in [5.74, 6) is -0.588. The van der Waals surface area contributed by atoms with Crippen molar-refractivity contribution in [3.8, 4) is 11.5 Å². The number of anilines is 2. The minimum absolute atomic E-state index is 0.379. The topological polar surface area (TPSA) is 76.7 Å². The quantitative estimate of drug-likeness (QED) is 0.801. The van der Waals surface area contributed by atoms with Crippen LogP contribution >= 0.6 is 15.9 Å². The largest absolute Gasteiger partial charge is 0.497 e. The van der Waals surface area contributed by atoms with Gasteiger partial charge in [0.1, 0.15) is 11.5 Å². The van der Waals surface area contributed by atoms with Crippen LogP contribution in [-0.2, 0) is 9.59 Å². The van der Waals surface area contributed by atoms with Crippen LogP contribution in [0.15, 0.2) is 46.9 Å². The van der Waals surface area contributed by atoms with Gasteiger partial charge in [0.25, 0.3) is 0 Å². The maximum absolute atomic E-state index is 12.0. The second-order valence-electron chi connectivity index (χ2n) is 4.48. The number of methoxy groups -OCH3 is 2. The summed E-state index contributed by atoms with van der Waals surface area (Å²) in [6.07, 6.45) is 0. The fourth-order valence-electron chi connectivity index (χ4n) is 1.80. The Morgan fingerprint density at radius 3 is 2.17 bits per heavy atom. The number of rotatable bonds is 4. The number of amides is 2. The van der Waals surface area contributed by atoms with Gasteiger partial charge in [0.15, 0.2) is 0 Å². The summed E-state index contributed by atoms with van der Waals surface area (Å²) < 4.78 is 11.1. The number of benzene rings is 2. The number of carbonyl (C=O) groups is 2. The van der Waals surface area contributed by atoms with E-state index < -0.39 is 11.8 Å². The molecular weight excluding hydrogens is 364 g/mol. The Labute approximate surface area is 141 Å². The summed E-state index contributed by atoms with van der Waals surface area (Å²) in [5.41, 5.74) is 0.902. The molecule has 0 heterocycles. The maximum atomic E-state index is 12.0. The normalized spacial score (nSPS) is 9.87. The van der Waals surface area contributed by atoms with Crippen molar-refractivity contribution in [1.29, 1.82) is 0 Å². The molecule has 0 saturated carbocycles. The molecule has 2 amide bonds. The first-order valence-corrected chi connectivity index (χ1v) is 7.42. The first kappa shape index (κ1) is 16.8. The molecule has 0 unspecified atom stereocenters. The smallest absolute Gasteiger partial charge is 0.314 e. The van der Waals surface area contributed by atoms with E-state index in [1.165, 1.54) is 14.2 Å². The summed E-state index contributed by atoms with van der Waals surface area (Å²) in [6, 6.07) is 11.8. The molecule has 6 nitrogen and oxygen atoms in total. The van der Waals surface area contributed by atoms with Gasteiger partial charge < -0.3 is 20.1 Å². The van der Waals surface area contributed by atoms with Crippen molar-refractivity contribution in [2.45, 2.75) is 0 Å². The third-order valence-corrected chi connectivity index (χ3v) is 3.49. The van der Waals surface area contributed by atoms with Gasteiger partial charge in [-0.3, -0.25) is 9.59 Å². The molecule has 120 valence electrons. The number of hydrogen-bond acceptors (Lipinski definition) is 4. The van der Waals surface area contributed by atoms with E-state index in [4.69, 9.17) is 9.47 Å². The molecule has 0 bridgehead atoms. The lowest BCUT2D eigenvalue weighted by Gasteiger charge is -2.11. The predicted molar refractivity (Wildman–Crippen MR) is 90.9 cm³/mol. The minimum Gasteiger partial charge on any atom is -0.497 e. The lowest BCUT2D eigenvalue weighted by Crippen LogP contribution is -2.29. The Morgan fingerprint density at radius 1 is 0.913 bits per heavy atom. The molecule has 0 fully saturated rings. The van der Waals surface area contributed by atoms with E-state index in [9.17, 15) is 9.59 Å². The summed E-state index contributed by atoms with van der Waals surface area (Å²) in [7, 11) is 2.99. The van der Waals surface area contributed by atoms with E-state index in [-0.39, 0.29) is 0 Å². The van der Waals surface area contributed by atoms with Crippen LogP contribution in [0.3, 0.4) is 0 Å². The highest BCUT2D eigenvalue weighted by molar-refractivity contribution is 9.10. The average Bonchev–Trinajstić information content (AvgIpc) is 2.57. The van der Waals surface area contributed by atoms with E-state index in [2.05, 4.69) is 26.6 Å². The molecule has 0 aliphatic carbocycles. The second-order valence-corrected chi connectivity index (χ2v) is 5.40. The van der Waals surface area contributed by atoms with Gasteiger partial charge in [0.05, 0.1) is 19.9 Å². The Balaban J connectivity index is 2.06. The fourth-order valence-corrected chi connectivity index (χ4v) is 2.07. The first-order chi connectivity index (χ1) is 11.0. The molecule has 2 N–H and O–H groups in total. The molecular formula is C16H15BrN2O4. The van der Waals surface area contributed by atoms with E-state index in [0.29, 0.717) is 22.9 Å². The highest BCUT2D eigenvalue weighted by Gasteiger charge is 2.16. The molecule has 0 atom stereocenters. The SMILES string of the molecule is COc1ccc(NC(=O)C(=O)Nc2ccc(Br)cc2)c(OC)c1. The highest BCUT2D eigenvalue weighted by atomic mass is 79.9. The monoisotopic (exact) mass is 378 g/mol. The molecule has 2 aromatic rings. The fraction of sp³-hybridized carbons (Fsp3) is 0.125. The van der Waals surface area contributed by atoms with Gasteiger partial charge in [0, 0.05) is 16.2 Å². The summed E-state index contributed by atoms with van der Waals surface area (Å²) in [6.45, 7) is 0. The predicted octanol–water partition coefficient (Wildman–Crippen LogP) is 3.04. The van der Waals surface area contributed by atoms with Crippen molar-refractivity contribution in [3.05, 3.63) is 46.9 Å². The van der Waals surface area contributed by atoms with Crippen LogP contribution in [0, 0.1) is 0 Å². The van der Waals surface area contributed by atoms with Crippen LogP contribution in [0.25, 0.3) is 0 Å². The van der Waals surface area contributed by atoms with Gasteiger partial charge >= 0.3 is 11.8 Å². The van der Waals surface area contributed by atoms with Crippen molar-refractivity contribution in [1.82, 2.24) is 0 Å². The summed E-state index contributed by atoms with van der Waals surface area (Å²) in [4.78, 5) is 23.9. The molecule has 0 aliphatic rings. The molecule has 0 aliphatic heterocycles. The Hall–Kier alpha value is -2.54. The molecule has 23 heavy (non-hydrogen) atoms. The van der Waals surface area contributed by atoms with Crippen LogP contribution in [0.5, 0.6) is 11.5 Å². The van der Waals surface area contributed by atoms with E-state index >= 15 is 0 Å². The van der Waals surface area contributed by atoms with Crippen molar-refractivity contribution in [3.63, 3.8) is 0 Å². The lowest BCUT2D eigenvalue weighted by molar-refractivity contribution is -0.133. The van der Waals surface area contributed by atoms with Crippen LogP contribution in [0.1, 0.15) is 0 Å². The molecule has 2 rings (SSSR count). The van der Waals surface area contributed by atoms with Crippen LogP contribution < -0.4 is 20.1 Å².